The normalized spacial score (nSPS) is 10.1. The van der Waals surface area contributed by atoms with Crippen molar-refractivity contribution in [1.82, 2.24) is 0 Å². The summed E-state index contributed by atoms with van der Waals surface area (Å²) < 4.78 is 9.65. The molecule has 1 heterocycles. The molecule has 0 aliphatic carbocycles. The first-order valence-corrected chi connectivity index (χ1v) is 6.27. The predicted octanol–water partition coefficient (Wildman–Crippen LogP) is 2.64. The van der Waals surface area contributed by atoms with E-state index >= 15 is 0 Å². The summed E-state index contributed by atoms with van der Waals surface area (Å²) in [6.07, 6.45) is 3.45. The van der Waals surface area contributed by atoms with Crippen molar-refractivity contribution in [3.8, 4) is 0 Å². The molecule has 0 unspecified atom stereocenters. The van der Waals surface area contributed by atoms with E-state index in [4.69, 9.17) is 9.15 Å². The minimum atomic E-state index is -0.585. The molecule has 0 bridgehead atoms. The smallest absolute Gasteiger partial charge is 0.341 e. The molecule has 5 heteroatoms. The highest BCUT2D eigenvalue weighted by Gasteiger charge is 2.12. The number of nitrogens with one attached hydrogen (secondary N) is 1. The first kappa shape index (κ1) is 13.9. The SMILES string of the molecule is CCc1ccccc1NC(=O)COC(=O)c1ccoc1. The number of hydrogen-bond donors (Lipinski definition) is 1. The molecule has 0 radical (unpaired) electrons. The van der Waals surface area contributed by atoms with Crippen molar-refractivity contribution < 1.29 is 18.7 Å². The van der Waals surface area contributed by atoms with Crippen LogP contribution in [0, 0.1) is 0 Å². The lowest BCUT2D eigenvalue weighted by molar-refractivity contribution is -0.119. The Kier molecular flexibility index (Phi) is 4.55. The van der Waals surface area contributed by atoms with Gasteiger partial charge in [-0.2, -0.15) is 0 Å². The summed E-state index contributed by atoms with van der Waals surface area (Å²) in [4.78, 5) is 23.3. The number of esters is 1. The standard InChI is InChI=1S/C15H15NO4/c1-2-11-5-3-4-6-13(11)16-14(17)10-20-15(18)12-7-8-19-9-12/h3-9H,2,10H2,1H3,(H,16,17). The molecule has 1 aromatic heterocycles. The molecule has 0 aliphatic heterocycles. The van der Waals surface area contributed by atoms with E-state index in [1.165, 1.54) is 18.6 Å². The van der Waals surface area contributed by atoms with Crippen molar-refractivity contribution in [2.45, 2.75) is 13.3 Å². The van der Waals surface area contributed by atoms with Gasteiger partial charge in [0, 0.05) is 5.69 Å². The third-order valence-corrected chi connectivity index (χ3v) is 2.76. The van der Waals surface area contributed by atoms with Crippen LogP contribution in [0.1, 0.15) is 22.8 Å². The van der Waals surface area contributed by atoms with Crippen LogP contribution in [-0.2, 0) is 16.0 Å². The number of benzene rings is 1. The predicted molar refractivity (Wildman–Crippen MR) is 73.4 cm³/mol. The van der Waals surface area contributed by atoms with Gasteiger partial charge in [0.15, 0.2) is 6.61 Å². The number of ether oxygens (including phenoxy) is 1. The average molecular weight is 273 g/mol. The van der Waals surface area contributed by atoms with Crippen molar-refractivity contribution in [1.29, 1.82) is 0 Å². The fourth-order valence-corrected chi connectivity index (χ4v) is 1.73. The van der Waals surface area contributed by atoms with Crippen molar-refractivity contribution in [2.24, 2.45) is 0 Å². The maximum absolute atomic E-state index is 11.7. The third-order valence-electron chi connectivity index (χ3n) is 2.76. The number of hydrogen-bond acceptors (Lipinski definition) is 4. The summed E-state index contributed by atoms with van der Waals surface area (Å²) in [6.45, 7) is 1.67. The van der Waals surface area contributed by atoms with E-state index in [0.717, 1.165) is 17.7 Å². The molecule has 1 amide bonds. The summed E-state index contributed by atoms with van der Waals surface area (Å²) in [5.74, 6) is -0.958. The Hall–Kier alpha value is -2.56. The Morgan fingerprint density at radius 2 is 2.05 bits per heavy atom. The van der Waals surface area contributed by atoms with Gasteiger partial charge >= 0.3 is 5.97 Å². The van der Waals surface area contributed by atoms with Gasteiger partial charge < -0.3 is 14.5 Å². The molecule has 0 fully saturated rings. The largest absolute Gasteiger partial charge is 0.472 e. The van der Waals surface area contributed by atoms with E-state index in [1.54, 1.807) is 0 Å². The molecule has 5 nitrogen and oxygen atoms in total. The molecule has 0 atom stereocenters. The Morgan fingerprint density at radius 3 is 2.75 bits per heavy atom. The van der Waals surface area contributed by atoms with Crippen LogP contribution in [0.15, 0.2) is 47.3 Å². The van der Waals surface area contributed by atoms with Gasteiger partial charge in [-0.1, -0.05) is 25.1 Å². The first-order chi connectivity index (χ1) is 9.70. The maximum Gasteiger partial charge on any atom is 0.341 e. The molecule has 0 saturated heterocycles. The van der Waals surface area contributed by atoms with Crippen LogP contribution >= 0.6 is 0 Å². The van der Waals surface area contributed by atoms with Gasteiger partial charge in [0.1, 0.15) is 6.26 Å². The lowest BCUT2D eigenvalue weighted by Gasteiger charge is -2.09. The van der Waals surface area contributed by atoms with E-state index in [-0.39, 0.29) is 18.1 Å². The van der Waals surface area contributed by atoms with Crippen LogP contribution < -0.4 is 5.32 Å². The van der Waals surface area contributed by atoms with Gasteiger partial charge in [0.05, 0.1) is 11.8 Å². The zero-order valence-corrected chi connectivity index (χ0v) is 11.1. The van der Waals surface area contributed by atoms with E-state index in [1.807, 2.05) is 31.2 Å². The number of aryl methyl sites for hydroxylation is 1. The highest BCUT2D eigenvalue weighted by atomic mass is 16.5. The second-order valence-corrected chi connectivity index (χ2v) is 4.15. The van der Waals surface area contributed by atoms with Crippen LogP contribution in [0.2, 0.25) is 0 Å². The minimum Gasteiger partial charge on any atom is -0.472 e. The molecule has 104 valence electrons. The topological polar surface area (TPSA) is 68.5 Å². The van der Waals surface area contributed by atoms with Crippen LogP contribution in [0.25, 0.3) is 0 Å². The second kappa shape index (κ2) is 6.56. The monoisotopic (exact) mass is 273 g/mol. The molecule has 2 aromatic rings. The summed E-state index contributed by atoms with van der Waals surface area (Å²) in [5.41, 5.74) is 2.05. The Labute approximate surface area is 116 Å². The number of para-hydroxylation sites is 1. The fourth-order valence-electron chi connectivity index (χ4n) is 1.73. The molecule has 0 aliphatic rings. The van der Waals surface area contributed by atoms with Gasteiger partial charge in [-0.3, -0.25) is 4.79 Å². The molecule has 1 aromatic carbocycles. The van der Waals surface area contributed by atoms with Gasteiger partial charge in [0.2, 0.25) is 0 Å². The average Bonchev–Trinajstić information content (AvgIpc) is 2.99. The first-order valence-electron chi connectivity index (χ1n) is 6.27. The zero-order valence-electron chi connectivity index (χ0n) is 11.1. The van der Waals surface area contributed by atoms with Crippen LogP contribution in [0.4, 0.5) is 5.69 Å². The third kappa shape index (κ3) is 3.47. The number of amides is 1. The zero-order chi connectivity index (χ0) is 14.4. The Bertz CT molecular complexity index is 590. The van der Waals surface area contributed by atoms with Gasteiger partial charge in [-0.05, 0) is 24.1 Å². The van der Waals surface area contributed by atoms with E-state index in [9.17, 15) is 9.59 Å². The summed E-state index contributed by atoms with van der Waals surface area (Å²) in [7, 11) is 0. The number of carbonyl (C=O) groups is 2. The molecule has 2 rings (SSSR count). The quantitative estimate of drug-likeness (QED) is 0.850. The summed E-state index contributed by atoms with van der Waals surface area (Å²) in [6, 6.07) is 8.98. The highest BCUT2D eigenvalue weighted by molar-refractivity contribution is 5.95. The Morgan fingerprint density at radius 1 is 1.25 bits per heavy atom. The number of furan rings is 1. The highest BCUT2D eigenvalue weighted by Crippen LogP contribution is 2.15. The van der Waals surface area contributed by atoms with Gasteiger partial charge in [-0.15, -0.1) is 0 Å². The molecule has 1 N–H and O–H groups in total. The number of anilines is 1. The van der Waals surface area contributed by atoms with Crippen LogP contribution in [0.5, 0.6) is 0 Å². The van der Waals surface area contributed by atoms with Crippen molar-refractivity contribution >= 4 is 17.6 Å². The molecule has 0 saturated carbocycles. The molecule has 20 heavy (non-hydrogen) atoms. The van der Waals surface area contributed by atoms with E-state index in [0.29, 0.717) is 0 Å². The van der Waals surface area contributed by atoms with Crippen molar-refractivity contribution in [2.75, 3.05) is 11.9 Å². The second-order valence-electron chi connectivity index (χ2n) is 4.15. The van der Waals surface area contributed by atoms with E-state index < -0.39 is 5.97 Å². The lowest BCUT2D eigenvalue weighted by atomic mass is 10.1. The van der Waals surface area contributed by atoms with Gasteiger partial charge in [0.25, 0.3) is 5.91 Å². The number of carbonyl (C=O) groups excluding carboxylic acids is 2. The summed E-state index contributed by atoms with van der Waals surface area (Å²) in [5, 5.41) is 2.72. The molecular weight excluding hydrogens is 258 g/mol. The molecule has 0 spiro atoms. The molecular formula is C15H15NO4. The minimum absolute atomic E-state index is 0.284. The lowest BCUT2D eigenvalue weighted by Crippen LogP contribution is -2.21. The van der Waals surface area contributed by atoms with E-state index in [2.05, 4.69) is 5.32 Å². The summed E-state index contributed by atoms with van der Waals surface area (Å²) >= 11 is 0. The van der Waals surface area contributed by atoms with Crippen molar-refractivity contribution in [3.05, 3.63) is 54.0 Å². The van der Waals surface area contributed by atoms with Gasteiger partial charge in [-0.25, -0.2) is 4.79 Å². The van der Waals surface area contributed by atoms with Crippen LogP contribution in [0.3, 0.4) is 0 Å². The maximum atomic E-state index is 11.7. The Balaban J connectivity index is 1.88. The fraction of sp³-hybridized carbons (Fsp3) is 0.200. The van der Waals surface area contributed by atoms with Crippen molar-refractivity contribution in [3.63, 3.8) is 0 Å². The van der Waals surface area contributed by atoms with Crippen LogP contribution in [-0.4, -0.2) is 18.5 Å². The number of rotatable bonds is 5.